The number of benzene rings is 1. The summed E-state index contributed by atoms with van der Waals surface area (Å²) in [7, 11) is 3.76. The lowest BCUT2D eigenvalue weighted by Crippen LogP contribution is -2.42. The molecule has 1 fully saturated rings. The van der Waals surface area contributed by atoms with Gasteiger partial charge in [-0.15, -0.1) is 0 Å². The third-order valence-electron chi connectivity index (χ3n) is 4.92. The Kier molecular flexibility index (Phi) is 8.51. The Morgan fingerprint density at radius 3 is 2.59 bits per heavy atom. The van der Waals surface area contributed by atoms with Crippen LogP contribution >= 0.6 is 0 Å². The van der Waals surface area contributed by atoms with Gasteiger partial charge in [-0.05, 0) is 44.6 Å². The van der Waals surface area contributed by atoms with E-state index in [2.05, 4.69) is 16.0 Å². The quantitative estimate of drug-likeness (QED) is 0.651. The predicted molar refractivity (Wildman–Crippen MR) is 104 cm³/mol. The monoisotopic (exact) mass is 378 g/mol. The number of halogens is 1. The van der Waals surface area contributed by atoms with Crippen LogP contribution in [0.25, 0.3) is 0 Å². The summed E-state index contributed by atoms with van der Waals surface area (Å²) in [6.45, 7) is 0.632. The minimum atomic E-state index is -0.330. The van der Waals surface area contributed by atoms with E-state index < -0.39 is 0 Å². The van der Waals surface area contributed by atoms with Crippen molar-refractivity contribution in [2.75, 3.05) is 27.2 Å². The van der Waals surface area contributed by atoms with Crippen LogP contribution in [-0.2, 0) is 4.79 Å². The lowest BCUT2D eigenvalue weighted by Gasteiger charge is -2.25. The van der Waals surface area contributed by atoms with E-state index in [4.69, 9.17) is 0 Å². The van der Waals surface area contributed by atoms with E-state index in [1.807, 2.05) is 25.1 Å². The Labute approximate surface area is 160 Å². The standard InChI is InChI=1S/C20H31FN4O2/c1-25(2)18(15-7-6-8-16(21)13-15)14-23-20(27)22-12-11-19(26)24-17-9-4-3-5-10-17/h6-8,13,17-18H,3-5,9-12,14H2,1-2H3,(H,24,26)(H2,22,23,27). The van der Waals surface area contributed by atoms with Crippen molar-refractivity contribution in [3.05, 3.63) is 35.6 Å². The highest BCUT2D eigenvalue weighted by Gasteiger charge is 2.17. The lowest BCUT2D eigenvalue weighted by molar-refractivity contribution is -0.121. The van der Waals surface area contributed by atoms with Gasteiger partial charge in [0.1, 0.15) is 5.82 Å². The van der Waals surface area contributed by atoms with Gasteiger partial charge in [0.25, 0.3) is 0 Å². The summed E-state index contributed by atoms with van der Waals surface area (Å²) in [6.07, 6.45) is 5.95. The molecule has 1 aliphatic carbocycles. The Balaban J connectivity index is 1.69. The van der Waals surface area contributed by atoms with Crippen LogP contribution in [0.2, 0.25) is 0 Å². The third-order valence-corrected chi connectivity index (χ3v) is 4.92. The van der Waals surface area contributed by atoms with E-state index in [1.54, 1.807) is 6.07 Å². The molecule has 27 heavy (non-hydrogen) atoms. The summed E-state index contributed by atoms with van der Waals surface area (Å²) in [4.78, 5) is 25.9. The summed E-state index contributed by atoms with van der Waals surface area (Å²) in [5, 5.41) is 8.53. The van der Waals surface area contributed by atoms with Crippen LogP contribution in [0, 0.1) is 5.82 Å². The number of amides is 3. The fourth-order valence-corrected chi connectivity index (χ4v) is 3.40. The van der Waals surface area contributed by atoms with Crippen molar-refractivity contribution < 1.29 is 14.0 Å². The number of carbonyl (C=O) groups is 2. The molecular weight excluding hydrogens is 347 g/mol. The topological polar surface area (TPSA) is 73.5 Å². The van der Waals surface area contributed by atoms with Crippen LogP contribution < -0.4 is 16.0 Å². The van der Waals surface area contributed by atoms with Crippen LogP contribution in [0.1, 0.15) is 50.1 Å². The molecule has 0 heterocycles. The largest absolute Gasteiger partial charge is 0.353 e. The van der Waals surface area contributed by atoms with Crippen molar-refractivity contribution in [3.8, 4) is 0 Å². The van der Waals surface area contributed by atoms with Gasteiger partial charge in [-0.3, -0.25) is 4.79 Å². The number of hydrogen-bond donors (Lipinski definition) is 3. The van der Waals surface area contributed by atoms with Crippen LogP contribution in [0.15, 0.2) is 24.3 Å². The molecular formula is C20H31FN4O2. The maximum absolute atomic E-state index is 13.4. The normalized spacial score (nSPS) is 16.0. The van der Waals surface area contributed by atoms with E-state index in [0.717, 1.165) is 18.4 Å². The first-order valence-corrected chi connectivity index (χ1v) is 9.68. The zero-order valence-corrected chi connectivity index (χ0v) is 16.3. The maximum atomic E-state index is 13.4. The Morgan fingerprint density at radius 1 is 1.19 bits per heavy atom. The van der Waals surface area contributed by atoms with Gasteiger partial charge < -0.3 is 20.9 Å². The predicted octanol–water partition coefficient (Wildman–Crippen LogP) is 2.57. The molecule has 3 amide bonds. The fourth-order valence-electron chi connectivity index (χ4n) is 3.40. The van der Waals surface area contributed by atoms with Gasteiger partial charge in [0, 0.05) is 25.6 Å². The first-order valence-electron chi connectivity index (χ1n) is 9.68. The molecule has 0 aliphatic heterocycles. The average molecular weight is 378 g/mol. The minimum absolute atomic E-state index is 0.0203. The van der Waals surface area contributed by atoms with Gasteiger partial charge in [0.2, 0.25) is 5.91 Å². The summed E-state index contributed by atoms with van der Waals surface area (Å²) < 4.78 is 13.4. The van der Waals surface area contributed by atoms with Crippen molar-refractivity contribution >= 4 is 11.9 Å². The van der Waals surface area contributed by atoms with Crippen LogP contribution in [0.5, 0.6) is 0 Å². The third kappa shape index (κ3) is 7.54. The second-order valence-electron chi connectivity index (χ2n) is 7.32. The van der Waals surface area contributed by atoms with Gasteiger partial charge in [-0.2, -0.15) is 0 Å². The number of urea groups is 1. The Morgan fingerprint density at radius 2 is 1.93 bits per heavy atom. The number of likely N-dealkylation sites (N-methyl/N-ethyl adjacent to an activating group) is 1. The highest BCUT2D eigenvalue weighted by atomic mass is 19.1. The van der Waals surface area contributed by atoms with E-state index in [1.165, 1.54) is 31.4 Å². The molecule has 1 aliphatic rings. The molecule has 0 aromatic heterocycles. The van der Waals surface area contributed by atoms with E-state index in [9.17, 15) is 14.0 Å². The molecule has 0 bridgehead atoms. The number of hydrogen-bond acceptors (Lipinski definition) is 3. The number of nitrogens with zero attached hydrogens (tertiary/aromatic N) is 1. The second-order valence-corrected chi connectivity index (χ2v) is 7.32. The highest BCUT2D eigenvalue weighted by molar-refractivity contribution is 5.78. The van der Waals surface area contributed by atoms with E-state index in [-0.39, 0.29) is 42.8 Å². The molecule has 150 valence electrons. The molecule has 0 spiro atoms. The van der Waals surface area contributed by atoms with Crippen molar-refractivity contribution in [1.82, 2.24) is 20.9 Å². The summed E-state index contributed by atoms with van der Waals surface area (Å²) in [6, 6.07) is 6.18. The lowest BCUT2D eigenvalue weighted by atomic mass is 9.95. The molecule has 0 radical (unpaired) electrons. The summed E-state index contributed by atoms with van der Waals surface area (Å²) >= 11 is 0. The first-order chi connectivity index (χ1) is 13.0. The molecule has 3 N–H and O–H groups in total. The summed E-state index contributed by atoms with van der Waals surface area (Å²) in [5.41, 5.74) is 0.798. The fraction of sp³-hybridized carbons (Fsp3) is 0.600. The minimum Gasteiger partial charge on any atom is -0.353 e. The zero-order chi connectivity index (χ0) is 19.6. The van der Waals surface area contributed by atoms with Crippen molar-refractivity contribution in [3.63, 3.8) is 0 Å². The van der Waals surface area contributed by atoms with Crippen LogP contribution in [0.3, 0.4) is 0 Å². The Hall–Kier alpha value is -2.15. The number of carbonyl (C=O) groups excluding carboxylic acids is 2. The number of nitrogens with one attached hydrogen (secondary N) is 3. The van der Waals surface area contributed by atoms with E-state index in [0.29, 0.717) is 6.54 Å². The van der Waals surface area contributed by atoms with Crippen LogP contribution in [0.4, 0.5) is 9.18 Å². The van der Waals surface area contributed by atoms with Crippen molar-refractivity contribution in [2.45, 2.75) is 50.6 Å². The van der Waals surface area contributed by atoms with Gasteiger partial charge in [-0.1, -0.05) is 31.4 Å². The molecule has 7 heteroatoms. The highest BCUT2D eigenvalue weighted by Crippen LogP contribution is 2.18. The van der Waals surface area contributed by atoms with E-state index >= 15 is 0 Å². The first kappa shape index (κ1) is 21.2. The molecule has 6 nitrogen and oxygen atoms in total. The SMILES string of the molecule is CN(C)C(CNC(=O)NCCC(=O)NC1CCCCC1)c1cccc(F)c1. The van der Waals surface area contributed by atoms with Crippen molar-refractivity contribution in [1.29, 1.82) is 0 Å². The Bertz CT molecular complexity index is 618. The van der Waals surface area contributed by atoms with Crippen LogP contribution in [-0.4, -0.2) is 50.1 Å². The number of rotatable bonds is 8. The smallest absolute Gasteiger partial charge is 0.314 e. The van der Waals surface area contributed by atoms with Gasteiger partial charge >= 0.3 is 6.03 Å². The molecule has 1 aromatic rings. The molecule has 1 unspecified atom stereocenters. The molecule has 0 saturated heterocycles. The zero-order valence-electron chi connectivity index (χ0n) is 16.3. The molecule has 2 rings (SSSR count). The molecule has 1 atom stereocenters. The second kappa shape index (κ2) is 10.9. The summed E-state index contributed by atoms with van der Waals surface area (Å²) in [5.74, 6) is -0.319. The average Bonchev–Trinajstić information content (AvgIpc) is 2.62. The van der Waals surface area contributed by atoms with Gasteiger partial charge in [-0.25, -0.2) is 9.18 Å². The van der Waals surface area contributed by atoms with Crippen molar-refractivity contribution in [2.24, 2.45) is 0 Å². The van der Waals surface area contributed by atoms with Gasteiger partial charge in [0.05, 0.1) is 6.04 Å². The molecule has 1 aromatic carbocycles. The molecule has 1 saturated carbocycles. The maximum Gasteiger partial charge on any atom is 0.314 e. The van der Waals surface area contributed by atoms with Gasteiger partial charge in [0.15, 0.2) is 0 Å².